The number of hydrogen-bond donors (Lipinski definition) is 0. The Morgan fingerprint density at radius 3 is 2.62 bits per heavy atom. The first-order valence-electron chi connectivity index (χ1n) is 7.02. The highest BCUT2D eigenvalue weighted by Gasteiger charge is 2.48. The summed E-state index contributed by atoms with van der Waals surface area (Å²) in [5.41, 5.74) is -1.33. The van der Waals surface area contributed by atoms with Crippen molar-refractivity contribution in [2.45, 2.75) is 58.1 Å². The molecule has 0 aliphatic carbocycles. The average Bonchev–Trinajstić information content (AvgIpc) is 2.64. The maximum absolute atomic E-state index is 12.5. The van der Waals surface area contributed by atoms with Crippen LogP contribution in [0.4, 0.5) is 4.79 Å². The first kappa shape index (κ1) is 17.9. The summed E-state index contributed by atoms with van der Waals surface area (Å²) in [7, 11) is 1.54. The molecule has 0 bridgehead atoms. The lowest BCUT2D eigenvalue weighted by molar-refractivity contribution is -0.0902. The molecular weight excluding hydrogens is 274 g/mol. The summed E-state index contributed by atoms with van der Waals surface area (Å²) in [5.74, 6) is 0. The maximum Gasteiger partial charge on any atom is 0.413 e. The molecule has 1 amide bonds. The van der Waals surface area contributed by atoms with Crippen LogP contribution in [0.2, 0.25) is 0 Å². The Morgan fingerprint density at radius 2 is 2.14 bits per heavy atom. The van der Waals surface area contributed by atoms with Gasteiger partial charge in [-0.2, -0.15) is 0 Å². The zero-order valence-corrected chi connectivity index (χ0v) is 13.8. The zero-order chi connectivity index (χ0) is 16.3. The minimum Gasteiger partial charge on any atom is -0.444 e. The molecule has 1 aliphatic rings. The molecule has 0 N–H and O–H groups in total. The number of methoxy groups -OCH3 is 1. The quantitative estimate of drug-likeness (QED) is 0.577. The molecule has 1 saturated heterocycles. The van der Waals surface area contributed by atoms with Gasteiger partial charge in [0.15, 0.2) is 0 Å². The van der Waals surface area contributed by atoms with E-state index in [0.29, 0.717) is 6.61 Å². The van der Waals surface area contributed by atoms with Crippen LogP contribution in [-0.2, 0) is 18.9 Å². The highest BCUT2D eigenvalue weighted by atomic mass is 16.7. The molecule has 0 aromatic heterocycles. The Kier molecular flexibility index (Phi) is 5.78. The molecule has 21 heavy (non-hydrogen) atoms. The fourth-order valence-electron chi connectivity index (χ4n) is 2.22. The van der Waals surface area contributed by atoms with E-state index in [1.165, 1.54) is 0 Å². The SMILES string of the molecule is C=CC(OCOC)[C@@H]1COC(C)(C)N1C(=O)OC(C)(C)C. The fourth-order valence-corrected chi connectivity index (χ4v) is 2.22. The predicted molar refractivity (Wildman–Crippen MR) is 78.8 cm³/mol. The second-order valence-electron chi connectivity index (χ2n) is 6.45. The van der Waals surface area contributed by atoms with Gasteiger partial charge in [0.2, 0.25) is 0 Å². The predicted octanol–water partition coefficient (Wildman–Crippen LogP) is 2.53. The van der Waals surface area contributed by atoms with Crippen LogP contribution in [0.15, 0.2) is 12.7 Å². The lowest BCUT2D eigenvalue weighted by atomic mass is 10.1. The van der Waals surface area contributed by atoms with Crippen LogP contribution < -0.4 is 0 Å². The van der Waals surface area contributed by atoms with Crippen molar-refractivity contribution in [1.29, 1.82) is 0 Å². The first-order chi connectivity index (χ1) is 9.62. The molecule has 0 aromatic carbocycles. The summed E-state index contributed by atoms with van der Waals surface area (Å²) in [6.45, 7) is 13.4. The zero-order valence-electron chi connectivity index (χ0n) is 13.8. The summed E-state index contributed by atoms with van der Waals surface area (Å²) in [6, 6.07) is -0.303. The Labute approximate surface area is 127 Å². The van der Waals surface area contributed by atoms with Crippen molar-refractivity contribution in [3.8, 4) is 0 Å². The minimum absolute atomic E-state index is 0.121. The third kappa shape index (κ3) is 4.69. The molecule has 6 heteroatoms. The standard InChI is InChI=1S/C15H27NO5/c1-8-12(19-10-18-7)11-9-20-15(5,6)16(11)13(17)21-14(2,3)4/h8,11-12H,1,9-10H2,2-7H3/t11-,12?/m0/s1. The fraction of sp³-hybridized carbons (Fsp3) is 0.800. The van der Waals surface area contributed by atoms with Gasteiger partial charge in [0.1, 0.15) is 24.2 Å². The molecule has 1 heterocycles. The summed E-state index contributed by atoms with van der Waals surface area (Å²) >= 11 is 0. The summed E-state index contributed by atoms with van der Waals surface area (Å²) in [4.78, 5) is 14.1. The lowest BCUT2D eigenvalue weighted by Gasteiger charge is -2.36. The summed E-state index contributed by atoms with van der Waals surface area (Å²) in [6.07, 6.45) is 0.827. The van der Waals surface area contributed by atoms with Crippen molar-refractivity contribution in [3.05, 3.63) is 12.7 Å². The van der Waals surface area contributed by atoms with Crippen LogP contribution in [0.3, 0.4) is 0 Å². The number of amides is 1. The molecule has 0 saturated carbocycles. The van der Waals surface area contributed by atoms with E-state index in [-0.39, 0.29) is 18.9 Å². The largest absolute Gasteiger partial charge is 0.444 e. The van der Waals surface area contributed by atoms with Gasteiger partial charge in [-0.3, -0.25) is 4.90 Å². The second-order valence-corrected chi connectivity index (χ2v) is 6.45. The number of ether oxygens (including phenoxy) is 4. The molecule has 1 unspecified atom stereocenters. The van der Waals surface area contributed by atoms with Gasteiger partial charge in [-0.05, 0) is 34.6 Å². The first-order valence-corrected chi connectivity index (χ1v) is 7.02. The van der Waals surface area contributed by atoms with Crippen molar-refractivity contribution < 1.29 is 23.7 Å². The lowest BCUT2D eigenvalue weighted by Crippen LogP contribution is -2.53. The highest BCUT2D eigenvalue weighted by Crippen LogP contribution is 2.32. The average molecular weight is 301 g/mol. The van der Waals surface area contributed by atoms with Crippen LogP contribution in [-0.4, -0.2) is 55.0 Å². The number of carbonyl (C=O) groups excluding carboxylic acids is 1. The normalized spacial score (nSPS) is 23.0. The second kappa shape index (κ2) is 6.77. The molecule has 2 atom stereocenters. The minimum atomic E-state index is -0.759. The third-order valence-electron chi connectivity index (χ3n) is 3.10. The molecule has 1 aliphatic heterocycles. The van der Waals surface area contributed by atoms with Crippen LogP contribution in [0.25, 0.3) is 0 Å². The van der Waals surface area contributed by atoms with Crippen LogP contribution in [0.1, 0.15) is 34.6 Å². The van der Waals surface area contributed by atoms with Gasteiger partial charge in [-0.25, -0.2) is 4.79 Å². The van der Waals surface area contributed by atoms with E-state index in [0.717, 1.165) is 0 Å². The van der Waals surface area contributed by atoms with E-state index >= 15 is 0 Å². The number of carbonyl (C=O) groups is 1. The van der Waals surface area contributed by atoms with E-state index in [1.807, 2.05) is 34.6 Å². The number of nitrogens with zero attached hydrogens (tertiary/aromatic N) is 1. The van der Waals surface area contributed by atoms with E-state index in [4.69, 9.17) is 18.9 Å². The molecule has 122 valence electrons. The highest BCUT2D eigenvalue weighted by molar-refractivity contribution is 5.70. The van der Waals surface area contributed by atoms with Crippen molar-refractivity contribution in [1.82, 2.24) is 4.90 Å². The van der Waals surface area contributed by atoms with Crippen LogP contribution in [0.5, 0.6) is 0 Å². The molecule has 0 spiro atoms. The smallest absolute Gasteiger partial charge is 0.413 e. The van der Waals surface area contributed by atoms with Gasteiger partial charge in [-0.1, -0.05) is 6.08 Å². The summed E-state index contributed by atoms with van der Waals surface area (Å²) in [5, 5.41) is 0. The molecule has 6 nitrogen and oxygen atoms in total. The van der Waals surface area contributed by atoms with Gasteiger partial charge < -0.3 is 18.9 Å². The van der Waals surface area contributed by atoms with Gasteiger partial charge in [-0.15, -0.1) is 6.58 Å². The Hall–Kier alpha value is -1.11. The van der Waals surface area contributed by atoms with Gasteiger partial charge in [0, 0.05) is 7.11 Å². The number of rotatable bonds is 5. The van der Waals surface area contributed by atoms with Crippen LogP contribution >= 0.6 is 0 Å². The van der Waals surface area contributed by atoms with Crippen molar-refractivity contribution >= 4 is 6.09 Å². The Bertz CT molecular complexity index is 375. The van der Waals surface area contributed by atoms with E-state index in [1.54, 1.807) is 18.1 Å². The van der Waals surface area contributed by atoms with E-state index in [9.17, 15) is 4.79 Å². The van der Waals surface area contributed by atoms with Crippen molar-refractivity contribution in [2.24, 2.45) is 0 Å². The molecule has 1 fully saturated rings. The third-order valence-corrected chi connectivity index (χ3v) is 3.10. The maximum atomic E-state index is 12.5. The van der Waals surface area contributed by atoms with Gasteiger partial charge in [0.25, 0.3) is 0 Å². The van der Waals surface area contributed by atoms with E-state index < -0.39 is 17.4 Å². The number of hydrogen-bond acceptors (Lipinski definition) is 5. The van der Waals surface area contributed by atoms with Crippen molar-refractivity contribution in [3.63, 3.8) is 0 Å². The Morgan fingerprint density at radius 1 is 1.52 bits per heavy atom. The topological polar surface area (TPSA) is 57.2 Å². The summed E-state index contributed by atoms with van der Waals surface area (Å²) < 4.78 is 21.7. The molecule has 1 rings (SSSR count). The molecular formula is C15H27NO5. The molecule has 0 radical (unpaired) electrons. The monoisotopic (exact) mass is 301 g/mol. The van der Waals surface area contributed by atoms with Gasteiger partial charge >= 0.3 is 6.09 Å². The van der Waals surface area contributed by atoms with Crippen LogP contribution in [0, 0.1) is 0 Å². The van der Waals surface area contributed by atoms with E-state index in [2.05, 4.69) is 6.58 Å². The van der Waals surface area contributed by atoms with Gasteiger partial charge in [0.05, 0.1) is 12.6 Å². The molecule has 0 aromatic rings. The Balaban J connectivity index is 2.92. The van der Waals surface area contributed by atoms with Crippen molar-refractivity contribution in [2.75, 3.05) is 20.5 Å².